The second kappa shape index (κ2) is 6.76. The summed E-state index contributed by atoms with van der Waals surface area (Å²) in [5.74, 6) is -0.560. The molecule has 1 atom stereocenters. The number of rotatable bonds is 4. The molecule has 3 N–H and O–H groups in total. The zero-order valence-corrected chi connectivity index (χ0v) is 10.6. The van der Waals surface area contributed by atoms with E-state index >= 15 is 0 Å². The lowest BCUT2D eigenvalue weighted by Gasteiger charge is -2.14. The van der Waals surface area contributed by atoms with Crippen LogP contribution >= 0.6 is 0 Å². The first-order valence-electron chi connectivity index (χ1n) is 5.78. The SMILES string of the molecule is CC(C)C(N)C(=O)NC(=O)OCc1ccccc1. The molecule has 0 spiro atoms. The second-order valence-electron chi connectivity index (χ2n) is 4.32. The number of ether oxygens (including phenoxy) is 1. The van der Waals surface area contributed by atoms with Crippen LogP contribution in [0, 0.1) is 5.92 Å². The van der Waals surface area contributed by atoms with Gasteiger partial charge in [-0.25, -0.2) is 4.79 Å². The first-order valence-corrected chi connectivity index (χ1v) is 5.78. The number of nitrogens with two attached hydrogens (primary N) is 1. The molecule has 1 aromatic carbocycles. The molecule has 0 aliphatic heterocycles. The predicted molar refractivity (Wildman–Crippen MR) is 67.6 cm³/mol. The Balaban J connectivity index is 2.36. The van der Waals surface area contributed by atoms with Crippen molar-refractivity contribution in [2.75, 3.05) is 0 Å². The van der Waals surface area contributed by atoms with Gasteiger partial charge in [0, 0.05) is 0 Å². The van der Waals surface area contributed by atoms with E-state index in [2.05, 4.69) is 5.32 Å². The Labute approximate surface area is 106 Å². The molecule has 0 saturated heterocycles. The summed E-state index contributed by atoms with van der Waals surface area (Å²) in [6, 6.07) is 8.50. The molecule has 1 unspecified atom stereocenters. The molecular weight excluding hydrogens is 232 g/mol. The van der Waals surface area contributed by atoms with E-state index in [1.54, 1.807) is 13.8 Å². The monoisotopic (exact) mass is 250 g/mol. The third-order valence-electron chi connectivity index (χ3n) is 2.46. The van der Waals surface area contributed by atoms with Crippen LogP contribution in [0.4, 0.5) is 4.79 Å². The van der Waals surface area contributed by atoms with Crippen LogP contribution in [-0.2, 0) is 16.1 Å². The highest BCUT2D eigenvalue weighted by molar-refractivity contribution is 5.94. The van der Waals surface area contributed by atoms with Gasteiger partial charge in [-0.1, -0.05) is 44.2 Å². The van der Waals surface area contributed by atoms with Crippen molar-refractivity contribution in [3.8, 4) is 0 Å². The highest BCUT2D eigenvalue weighted by atomic mass is 16.5. The summed E-state index contributed by atoms with van der Waals surface area (Å²) in [6.07, 6.45) is -0.778. The fraction of sp³-hybridized carbons (Fsp3) is 0.385. The first kappa shape index (κ1) is 14.2. The lowest BCUT2D eigenvalue weighted by atomic mass is 10.1. The van der Waals surface area contributed by atoms with Gasteiger partial charge < -0.3 is 10.5 Å². The Morgan fingerprint density at radius 3 is 2.44 bits per heavy atom. The molecule has 98 valence electrons. The van der Waals surface area contributed by atoms with Gasteiger partial charge >= 0.3 is 6.09 Å². The number of imide groups is 1. The predicted octanol–water partition coefficient (Wildman–Crippen LogP) is 1.42. The zero-order chi connectivity index (χ0) is 13.5. The third-order valence-corrected chi connectivity index (χ3v) is 2.46. The Hall–Kier alpha value is -1.88. The fourth-order valence-corrected chi connectivity index (χ4v) is 1.25. The van der Waals surface area contributed by atoms with Crippen molar-refractivity contribution < 1.29 is 14.3 Å². The molecule has 5 heteroatoms. The maximum absolute atomic E-state index is 11.5. The largest absolute Gasteiger partial charge is 0.444 e. The van der Waals surface area contributed by atoms with Gasteiger partial charge in [0.1, 0.15) is 6.61 Å². The number of amides is 2. The minimum atomic E-state index is -0.778. The number of carbonyl (C=O) groups is 2. The standard InChI is InChI=1S/C13H18N2O3/c1-9(2)11(14)12(16)15-13(17)18-8-10-6-4-3-5-7-10/h3-7,9,11H,8,14H2,1-2H3,(H,15,16,17). The van der Waals surface area contributed by atoms with Crippen LogP contribution in [-0.4, -0.2) is 18.0 Å². The maximum atomic E-state index is 11.5. The molecule has 0 aliphatic carbocycles. The van der Waals surface area contributed by atoms with Crippen LogP contribution < -0.4 is 11.1 Å². The van der Waals surface area contributed by atoms with Gasteiger partial charge in [-0.2, -0.15) is 0 Å². The van der Waals surface area contributed by atoms with Crippen molar-refractivity contribution in [3.63, 3.8) is 0 Å². The summed E-state index contributed by atoms with van der Waals surface area (Å²) >= 11 is 0. The number of carbonyl (C=O) groups excluding carboxylic acids is 2. The summed E-state index contributed by atoms with van der Waals surface area (Å²) in [6.45, 7) is 3.73. The Kier molecular flexibility index (Phi) is 5.32. The van der Waals surface area contributed by atoms with Crippen LogP contribution in [0.25, 0.3) is 0 Å². The quantitative estimate of drug-likeness (QED) is 0.846. The lowest BCUT2D eigenvalue weighted by Crippen LogP contribution is -2.46. The molecule has 0 bridgehead atoms. The van der Waals surface area contributed by atoms with E-state index in [0.29, 0.717) is 0 Å². The van der Waals surface area contributed by atoms with Gasteiger partial charge in [-0.15, -0.1) is 0 Å². The third kappa shape index (κ3) is 4.55. The highest BCUT2D eigenvalue weighted by Gasteiger charge is 2.19. The molecule has 0 aliphatic rings. The Morgan fingerprint density at radius 2 is 1.89 bits per heavy atom. The van der Waals surface area contributed by atoms with Crippen LogP contribution in [0.1, 0.15) is 19.4 Å². The normalized spacial score (nSPS) is 12.0. The number of benzene rings is 1. The molecule has 1 rings (SSSR count). The molecule has 0 heterocycles. The molecule has 1 aromatic rings. The summed E-state index contributed by atoms with van der Waals surface area (Å²) in [5.41, 5.74) is 6.45. The number of hydrogen-bond donors (Lipinski definition) is 2. The van der Waals surface area contributed by atoms with Gasteiger partial charge in [0.2, 0.25) is 5.91 Å². The van der Waals surface area contributed by atoms with Gasteiger partial charge in [-0.05, 0) is 11.5 Å². The first-order chi connectivity index (χ1) is 8.50. The van der Waals surface area contributed by atoms with E-state index in [1.807, 2.05) is 30.3 Å². The van der Waals surface area contributed by atoms with E-state index in [9.17, 15) is 9.59 Å². The van der Waals surface area contributed by atoms with Crippen LogP contribution in [0.15, 0.2) is 30.3 Å². The van der Waals surface area contributed by atoms with E-state index in [0.717, 1.165) is 5.56 Å². The van der Waals surface area contributed by atoms with Gasteiger partial charge in [0.05, 0.1) is 6.04 Å². The van der Waals surface area contributed by atoms with Crippen molar-refractivity contribution in [2.24, 2.45) is 11.7 Å². The number of alkyl carbamates (subject to hydrolysis) is 1. The molecule has 0 aromatic heterocycles. The average Bonchev–Trinajstić information content (AvgIpc) is 2.36. The summed E-state index contributed by atoms with van der Waals surface area (Å²) in [5, 5.41) is 2.11. The molecular formula is C13H18N2O3. The van der Waals surface area contributed by atoms with E-state index in [1.165, 1.54) is 0 Å². The molecule has 2 amide bonds. The summed E-state index contributed by atoms with van der Waals surface area (Å²) in [7, 11) is 0. The topological polar surface area (TPSA) is 81.4 Å². The van der Waals surface area contributed by atoms with Gasteiger partial charge in [-0.3, -0.25) is 10.1 Å². The lowest BCUT2D eigenvalue weighted by molar-refractivity contribution is -0.122. The van der Waals surface area contributed by atoms with Crippen molar-refractivity contribution in [1.29, 1.82) is 0 Å². The van der Waals surface area contributed by atoms with E-state index in [4.69, 9.17) is 10.5 Å². The van der Waals surface area contributed by atoms with E-state index < -0.39 is 18.0 Å². The molecule has 0 radical (unpaired) electrons. The Morgan fingerprint density at radius 1 is 1.28 bits per heavy atom. The number of hydrogen-bond acceptors (Lipinski definition) is 4. The van der Waals surface area contributed by atoms with Crippen molar-refractivity contribution in [2.45, 2.75) is 26.5 Å². The summed E-state index contributed by atoms with van der Waals surface area (Å²) in [4.78, 5) is 22.8. The minimum Gasteiger partial charge on any atom is -0.444 e. The van der Waals surface area contributed by atoms with Crippen molar-refractivity contribution in [3.05, 3.63) is 35.9 Å². The van der Waals surface area contributed by atoms with Crippen LogP contribution in [0.5, 0.6) is 0 Å². The summed E-state index contributed by atoms with van der Waals surface area (Å²) < 4.78 is 4.90. The number of nitrogens with one attached hydrogen (secondary N) is 1. The van der Waals surface area contributed by atoms with E-state index in [-0.39, 0.29) is 12.5 Å². The Bertz CT molecular complexity index is 404. The molecule has 5 nitrogen and oxygen atoms in total. The van der Waals surface area contributed by atoms with Crippen molar-refractivity contribution in [1.82, 2.24) is 5.32 Å². The zero-order valence-electron chi connectivity index (χ0n) is 10.6. The van der Waals surface area contributed by atoms with Crippen LogP contribution in [0.3, 0.4) is 0 Å². The highest BCUT2D eigenvalue weighted by Crippen LogP contribution is 2.01. The molecule has 0 saturated carbocycles. The molecule has 0 fully saturated rings. The van der Waals surface area contributed by atoms with Gasteiger partial charge in [0.25, 0.3) is 0 Å². The smallest absolute Gasteiger partial charge is 0.414 e. The average molecular weight is 250 g/mol. The second-order valence-corrected chi connectivity index (χ2v) is 4.32. The minimum absolute atomic E-state index is 0.0353. The van der Waals surface area contributed by atoms with Crippen LogP contribution in [0.2, 0.25) is 0 Å². The van der Waals surface area contributed by atoms with Gasteiger partial charge in [0.15, 0.2) is 0 Å². The molecule has 18 heavy (non-hydrogen) atoms. The van der Waals surface area contributed by atoms with Crippen molar-refractivity contribution >= 4 is 12.0 Å². The maximum Gasteiger partial charge on any atom is 0.414 e. The fourth-order valence-electron chi connectivity index (χ4n) is 1.25.